The number of esters is 1. The van der Waals surface area contributed by atoms with Gasteiger partial charge in [-0.15, -0.1) is 0 Å². The van der Waals surface area contributed by atoms with Crippen LogP contribution in [-0.4, -0.2) is 33.3 Å². The van der Waals surface area contributed by atoms with Crippen molar-refractivity contribution in [2.45, 2.75) is 6.92 Å². The average Bonchev–Trinajstić information content (AvgIpc) is 2.54. The van der Waals surface area contributed by atoms with Gasteiger partial charge in [0, 0.05) is 18.8 Å². The van der Waals surface area contributed by atoms with E-state index in [0.717, 1.165) is 0 Å². The number of oxime groups is 1. The molecule has 1 N–H and O–H groups in total. The fourth-order valence-electron chi connectivity index (χ4n) is 0.959. The van der Waals surface area contributed by atoms with Gasteiger partial charge in [0.2, 0.25) is 0 Å². The maximum Gasteiger partial charge on any atom is 0.361 e. The van der Waals surface area contributed by atoms with Crippen LogP contribution in [-0.2, 0) is 16.6 Å². The van der Waals surface area contributed by atoms with Crippen molar-refractivity contribution in [2.75, 3.05) is 6.61 Å². The summed E-state index contributed by atoms with van der Waals surface area (Å²) in [6.45, 7) is 1.91. The summed E-state index contributed by atoms with van der Waals surface area (Å²) < 4.78 is 6.19. The van der Waals surface area contributed by atoms with Crippen LogP contribution in [0.5, 0.6) is 0 Å². The van der Waals surface area contributed by atoms with Gasteiger partial charge in [0.1, 0.15) is 0 Å². The zero-order valence-electron chi connectivity index (χ0n) is 7.97. The summed E-state index contributed by atoms with van der Waals surface area (Å²) in [7, 11) is 1.70. The summed E-state index contributed by atoms with van der Waals surface area (Å²) in [5.41, 5.74) is 0.286. The third-order valence-corrected chi connectivity index (χ3v) is 1.55. The fraction of sp³-hybridized carbons (Fsp3) is 0.375. The van der Waals surface area contributed by atoms with E-state index < -0.39 is 5.97 Å². The Morgan fingerprint density at radius 1 is 1.79 bits per heavy atom. The number of nitrogens with zero attached hydrogens (tertiary/aromatic N) is 3. The molecule has 0 spiro atoms. The Bertz CT molecular complexity index is 356. The number of aromatic nitrogens is 2. The first-order valence-corrected chi connectivity index (χ1v) is 4.07. The van der Waals surface area contributed by atoms with Gasteiger partial charge in [0.15, 0.2) is 5.71 Å². The highest BCUT2D eigenvalue weighted by atomic mass is 16.5. The van der Waals surface area contributed by atoms with Crippen molar-refractivity contribution < 1.29 is 14.7 Å². The molecule has 0 fully saturated rings. The molecule has 0 aliphatic rings. The molecule has 1 heterocycles. The van der Waals surface area contributed by atoms with Crippen molar-refractivity contribution in [2.24, 2.45) is 12.2 Å². The summed E-state index contributed by atoms with van der Waals surface area (Å²) in [5.74, 6) is -0.664. The van der Waals surface area contributed by atoms with Crippen LogP contribution in [0.25, 0.3) is 0 Å². The molecule has 0 bridgehead atoms. The maximum atomic E-state index is 11.2. The second-order valence-electron chi connectivity index (χ2n) is 2.57. The lowest BCUT2D eigenvalue weighted by atomic mass is 10.2. The van der Waals surface area contributed by atoms with Crippen LogP contribution in [0.1, 0.15) is 12.5 Å². The number of ether oxygens (including phenoxy) is 1. The predicted molar refractivity (Wildman–Crippen MR) is 48.2 cm³/mol. The Hall–Kier alpha value is -1.85. The van der Waals surface area contributed by atoms with E-state index in [9.17, 15) is 4.79 Å². The van der Waals surface area contributed by atoms with Gasteiger partial charge in [-0.2, -0.15) is 5.10 Å². The smallest absolute Gasteiger partial charge is 0.361 e. The normalized spacial score (nSPS) is 11.4. The van der Waals surface area contributed by atoms with Crippen LogP contribution in [0.4, 0.5) is 0 Å². The Kier molecular flexibility index (Phi) is 3.22. The Labute approximate surface area is 80.8 Å². The highest BCUT2D eigenvalue weighted by molar-refractivity contribution is 6.43. The molecular weight excluding hydrogens is 186 g/mol. The highest BCUT2D eigenvalue weighted by Crippen LogP contribution is 2.01. The van der Waals surface area contributed by atoms with Gasteiger partial charge >= 0.3 is 5.97 Å². The second-order valence-corrected chi connectivity index (χ2v) is 2.57. The monoisotopic (exact) mass is 197 g/mol. The number of hydrogen-bond donors (Lipinski definition) is 1. The Balaban J connectivity index is 2.88. The van der Waals surface area contributed by atoms with E-state index >= 15 is 0 Å². The number of hydrogen-bond acceptors (Lipinski definition) is 5. The van der Waals surface area contributed by atoms with Gasteiger partial charge in [0.05, 0.1) is 12.8 Å². The molecule has 0 radical (unpaired) electrons. The van der Waals surface area contributed by atoms with Crippen LogP contribution in [0.2, 0.25) is 0 Å². The molecule has 1 aromatic rings. The Morgan fingerprint density at radius 2 is 2.50 bits per heavy atom. The van der Waals surface area contributed by atoms with E-state index in [1.807, 2.05) is 0 Å². The quantitative estimate of drug-likeness (QED) is 0.324. The summed E-state index contributed by atoms with van der Waals surface area (Å²) in [6, 6.07) is 0. The van der Waals surface area contributed by atoms with Crippen LogP contribution in [0.3, 0.4) is 0 Å². The Morgan fingerprint density at radius 3 is 2.93 bits per heavy atom. The summed E-state index contributed by atoms with van der Waals surface area (Å²) in [5, 5.41) is 15.4. The average molecular weight is 197 g/mol. The number of aryl methyl sites for hydroxylation is 1. The summed E-state index contributed by atoms with van der Waals surface area (Å²) in [6.07, 6.45) is 2.98. The van der Waals surface area contributed by atoms with Gasteiger partial charge in [0.25, 0.3) is 0 Å². The standard InChI is InChI=1S/C8H11N3O3/c1-3-14-8(12)7(10-13)6-4-9-11(2)5-6/h4-5,13H,3H2,1-2H3/b10-7+. The fourth-order valence-corrected chi connectivity index (χ4v) is 0.959. The largest absolute Gasteiger partial charge is 0.461 e. The minimum Gasteiger partial charge on any atom is -0.461 e. The van der Waals surface area contributed by atoms with Crippen LogP contribution < -0.4 is 0 Å². The molecule has 0 aliphatic carbocycles. The van der Waals surface area contributed by atoms with E-state index in [4.69, 9.17) is 9.94 Å². The molecule has 0 atom stereocenters. The SMILES string of the molecule is CCOC(=O)/C(=N/O)c1cnn(C)c1. The maximum absolute atomic E-state index is 11.2. The molecule has 14 heavy (non-hydrogen) atoms. The molecular formula is C8H11N3O3. The van der Waals surface area contributed by atoms with E-state index in [1.54, 1.807) is 20.2 Å². The van der Waals surface area contributed by atoms with Crippen LogP contribution in [0.15, 0.2) is 17.5 Å². The van der Waals surface area contributed by atoms with E-state index in [1.165, 1.54) is 10.9 Å². The zero-order valence-corrected chi connectivity index (χ0v) is 7.97. The zero-order chi connectivity index (χ0) is 10.6. The third kappa shape index (κ3) is 2.09. The first-order chi connectivity index (χ1) is 6.69. The minimum absolute atomic E-state index is 0.139. The van der Waals surface area contributed by atoms with Crippen molar-refractivity contribution in [3.8, 4) is 0 Å². The predicted octanol–water partition coefficient (Wildman–Crippen LogP) is 0.161. The van der Waals surface area contributed by atoms with Crippen molar-refractivity contribution in [1.82, 2.24) is 9.78 Å². The van der Waals surface area contributed by atoms with Gasteiger partial charge in [-0.1, -0.05) is 5.16 Å². The second kappa shape index (κ2) is 4.40. The molecule has 0 saturated heterocycles. The molecule has 6 heteroatoms. The first kappa shape index (κ1) is 10.2. The van der Waals surface area contributed by atoms with Crippen molar-refractivity contribution >= 4 is 11.7 Å². The number of carbonyl (C=O) groups excluding carboxylic acids is 1. The molecule has 76 valence electrons. The molecule has 0 aliphatic heterocycles. The molecule has 0 amide bonds. The highest BCUT2D eigenvalue weighted by Gasteiger charge is 2.17. The molecule has 0 unspecified atom stereocenters. The van der Waals surface area contributed by atoms with E-state index in [2.05, 4.69) is 10.3 Å². The molecule has 1 rings (SSSR count). The van der Waals surface area contributed by atoms with E-state index in [-0.39, 0.29) is 12.3 Å². The summed E-state index contributed by atoms with van der Waals surface area (Å²) >= 11 is 0. The third-order valence-electron chi connectivity index (χ3n) is 1.55. The van der Waals surface area contributed by atoms with Crippen molar-refractivity contribution in [1.29, 1.82) is 0 Å². The van der Waals surface area contributed by atoms with Crippen LogP contribution in [0, 0.1) is 0 Å². The van der Waals surface area contributed by atoms with Gasteiger partial charge in [-0.05, 0) is 6.92 Å². The van der Waals surface area contributed by atoms with Crippen molar-refractivity contribution in [3.05, 3.63) is 18.0 Å². The number of rotatable bonds is 3. The summed E-state index contributed by atoms with van der Waals surface area (Å²) in [4.78, 5) is 11.2. The van der Waals surface area contributed by atoms with Crippen molar-refractivity contribution in [3.63, 3.8) is 0 Å². The topological polar surface area (TPSA) is 76.7 Å². The lowest BCUT2D eigenvalue weighted by Crippen LogP contribution is -2.18. The number of carbonyl (C=O) groups is 1. The molecule has 0 aromatic carbocycles. The first-order valence-electron chi connectivity index (χ1n) is 4.07. The lowest BCUT2D eigenvalue weighted by molar-refractivity contribution is -0.135. The van der Waals surface area contributed by atoms with Gasteiger partial charge in [-0.3, -0.25) is 4.68 Å². The minimum atomic E-state index is -0.664. The molecule has 1 aromatic heterocycles. The molecule has 6 nitrogen and oxygen atoms in total. The van der Waals surface area contributed by atoms with Crippen LogP contribution >= 0.6 is 0 Å². The van der Waals surface area contributed by atoms with E-state index in [0.29, 0.717) is 5.56 Å². The van der Waals surface area contributed by atoms with Gasteiger partial charge in [-0.25, -0.2) is 4.79 Å². The lowest BCUT2D eigenvalue weighted by Gasteiger charge is -2.00. The molecule has 0 saturated carbocycles. The van der Waals surface area contributed by atoms with Gasteiger partial charge < -0.3 is 9.94 Å².